The van der Waals surface area contributed by atoms with Crippen molar-refractivity contribution in [1.82, 2.24) is 9.97 Å². The minimum Gasteiger partial charge on any atom is -0.476 e. The molecular formula is C21H22Br2N6O4. The van der Waals surface area contributed by atoms with Crippen LogP contribution in [0.15, 0.2) is 21.1 Å². The van der Waals surface area contributed by atoms with Gasteiger partial charge in [0.15, 0.2) is 23.0 Å². The molecule has 0 unspecified atom stereocenters. The first-order valence-corrected chi connectivity index (χ1v) is 12.2. The molecule has 174 valence electrons. The zero-order valence-electron chi connectivity index (χ0n) is 17.8. The van der Waals surface area contributed by atoms with Crippen molar-refractivity contribution in [2.75, 3.05) is 53.7 Å². The molecule has 4 aliphatic rings. The van der Waals surface area contributed by atoms with E-state index in [0.29, 0.717) is 32.5 Å². The number of rotatable bonds is 2. The van der Waals surface area contributed by atoms with Crippen LogP contribution in [0, 0.1) is 0 Å². The van der Waals surface area contributed by atoms with Crippen LogP contribution in [-0.2, 0) is 4.74 Å². The van der Waals surface area contributed by atoms with Crippen molar-refractivity contribution in [3.63, 3.8) is 0 Å². The first-order valence-electron chi connectivity index (χ1n) is 10.6. The maximum Gasteiger partial charge on any atom is 0.357 e. The summed E-state index contributed by atoms with van der Waals surface area (Å²) >= 11 is 6.62. The number of carbonyl (C=O) groups is 2. The lowest BCUT2D eigenvalue weighted by atomic mass is 10.2. The first kappa shape index (κ1) is 22.2. The molecule has 2 atom stereocenters. The second kappa shape index (κ2) is 8.64. The molecule has 2 fully saturated rings. The number of hydrogen-bond acceptors (Lipinski definition) is 9. The van der Waals surface area contributed by atoms with Gasteiger partial charge in [-0.25, -0.2) is 19.6 Å². The van der Waals surface area contributed by atoms with E-state index in [1.54, 1.807) is 0 Å². The number of anilines is 4. The third-order valence-electron chi connectivity index (χ3n) is 6.23. The number of nitrogens with zero attached hydrogens (tertiary/aromatic N) is 4. The van der Waals surface area contributed by atoms with Crippen LogP contribution >= 0.6 is 31.9 Å². The Bertz CT molecular complexity index is 1150. The average molecular weight is 582 g/mol. The summed E-state index contributed by atoms with van der Waals surface area (Å²) in [7, 11) is 1.36. The Morgan fingerprint density at radius 3 is 1.94 bits per heavy atom. The van der Waals surface area contributed by atoms with Crippen molar-refractivity contribution in [1.29, 1.82) is 0 Å². The largest absolute Gasteiger partial charge is 0.476 e. The number of ether oxygens (including phenoxy) is 1. The van der Waals surface area contributed by atoms with Gasteiger partial charge in [-0.15, -0.1) is 0 Å². The van der Waals surface area contributed by atoms with Crippen LogP contribution in [0.2, 0.25) is 0 Å². The molecule has 0 amide bonds. The molecule has 12 heteroatoms. The topological polar surface area (TPSA) is 120 Å². The van der Waals surface area contributed by atoms with Gasteiger partial charge in [0.05, 0.1) is 27.4 Å². The Morgan fingerprint density at radius 1 is 0.970 bits per heavy atom. The zero-order chi connectivity index (χ0) is 23.3. The fourth-order valence-electron chi connectivity index (χ4n) is 4.62. The maximum atomic E-state index is 11.5. The van der Waals surface area contributed by atoms with E-state index in [1.807, 2.05) is 12.1 Å². The predicted molar refractivity (Wildman–Crippen MR) is 131 cm³/mol. The van der Waals surface area contributed by atoms with E-state index in [0.717, 1.165) is 56.2 Å². The molecule has 33 heavy (non-hydrogen) atoms. The second-order valence-electron chi connectivity index (χ2n) is 8.32. The van der Waals surface area contributed by atoms with E-state index in [1.165, 1.54) is 7.11 Å². The quantitative estimate of drug-likeness (QED) is 0.456. The number of aromatic nitrogens is 2. The third-order valence-corrected chi connectivity index (χ3v) is 7.44. The summed E-state index contributed by atoms with van der Waals surface area (Å²) in [6, 6.07) is 4.62. The Balaban J connectivity index is 0.000000139. The maximum absolute atomic E-state index is 11.5. The molecular weight excluding hydrogens is 560 g/mol. The van der Waals surface area contributed by atoms with Crippen molar-refractivity contribution >= 4 is 66.8 Å². The van der Waals surface area contributed by atoms with Crippen LogP contribution < -0.4 is 20.4 Å². The second-order valence-corrected chi connectivity index (χ2v) is 10.0. The van der Waals surface area contributed by atoms with Crippen molar-refractivity contribution in [3.8, 4) is 0 Å². The number of nitrogens with one attached hydrogen (secondary N) is 2. The molecule has 2 aromatic rings. The highest BCUT2D eigenvalue weighted by molar-refractivity contribution is 9.10. The third kappa shape index (κ3) is 4.10. The highest BCUT2D eigenvalue weighted by Crippen LogP contribution is 2.38. The summed E-state index contributed by atoms with van der Waals surface area (Å²) in [5, 5.41) is 15.6. The molecule has 0 aromatic carbocycles. The van der Waals surface area contributed by atoms with Crippen molar-refractivity contribution in [2.24, 2.45) is 0 Å². The van der Waals surface area contributed by atoms with Gasteiger partial charge >= 0.3 is 11.9 Å². The number of pyridine rings is 2. The van der Waals surface area contributed by atoms with Gasteiger partial charge in [0.1, 0.15) is 0 Å². The minimum absolute atomic E-state index is 0.0637. The molecule has 4 aliphatic heterocycles. The fourth-order valence-corrected chi connectivity index (χ4v) is 5.57. The van der Waals surface area contributed by atoms with Crippen LogP contribution in [0.25, 0.3) is 0 Å². The molecule has 10 nitrogen and oxygen atoms in total. The van der Waals surface area contributed by atoms with E-state index in [4.69, 9.17) is 9.84 Å². The van der Waals surface area contributed by atoms with Gasteiger partial charge in [-0.2, -0.15) is 0 Å². The lowest BCUT2D eigenvalue weighted by molar-refractivity contribution is 0.0592. The van der Waals surface area contributed by atoms with Gasteiger partial charge in [0, 0.05) is 38.3 Å². The van der Waals surface area contributed by atoms with Crippen LogP contribution in [0.5, 0.6) is 0 Å². The van der Waals surface area contributed by atoms with Crippen molar-refractivity contribution in [3.05, 3.63) is 32.5 Å². The predicted octanol–water partition coefficient (Wildman–Crippen LogP) is 3.18. The van der Waals surface area contributed by atoms with Crippen molar-refractivity contribution < 1.29 is 19.4 Å². The smallest absolute Gasteiger partial charge is 0.357 e. The highest BCUT2D eigenvalue weighted by Gasteiger charge is 2.33. The molecule has 4 bridgehead atoms. The summed E-state index contributed by atoms with van der Waals surface area (Å²) in [6.07, 6.45) is 2.19. The Morgan fingerprint density at radius 2 is 1.45 bits per heavy atom. The van der Waals surface area contributed by atoms with E-state index < -0.39 is 11.9 Å². The zero-order valence-corrected chi connectivity index (χ0v) is 20.9. The average Bonchev–Trinajstić information content (AvgIpc) is 3.38. The van der Waals surface area contributed by atoms with Gasteiger partial charge in [-0.1, -0.05) is 0 Å². The number of carboxylic acid groups (broad SMARTS) is 1. The number of halogens is 2. The number of carboxylic acids is 1. The van der Waals surface area contributed by atoms with Gasteiger partial charge in [-0.05, 0) is 56.8 Å². The molecule has 0 aliphatic carbocycles. The number of hydrogen-bond donors (Lipinski definition) is 3. The molecule has 6 heterocycles. The van der Waals surface area contributed by atoms with Gasteiger partial charge in [0.25, 0.3) is 0 Å². The number of methoxy groups -OCH3 is 1. The minimum atomic E-state index is -1.01. The number of fused-ring (bicyclic) bond motifs is 8. The highest BCUT2D eigenvalue weighted by atomic mass is 79.9. The Kier molecular flexibility index (Phi) is 5.81. The molecule has 2 saturated heterocycles. The molecule has 3 N–H and O–H groups in total. The van der Waals surface area contributed by atoms with E-state index in [9.17, 15) is 9.59 Å². The van der Waals surface area contributed by atoms with Crippen LogP contribution in [-0.4, -0.2) is 72.4 Å². The Labute approximate surface area is 207 Å². The molecule has 0 saturated carbocycles. The normalized spacial score (nSPS) is 21.2. The molecule has 0 spiro atoms. The summed E-state index contributed by atoms with van der Waals surface area (Å²) < 4.78 is 5.91. The molecule has 0 radical (unpaired) electrons. The number of esters is 1. The molecule has 6 rings (SSSR count). The van der Waals surface area contributed by atoms with Crippen LogP contribution in [0.1, 0.15) is 33.8 Å². The van der Waals surface area contributed by atoms with E-state index in [-0.39, 0.29) is 5.69 Å². The number of aromatic carboxylic acids is 1. The standard InChI is InChI=1S/C11H12BrN3O2.C10H10BrN3O2/c1-17-11(16)9-7(12)4-8-10(14-9)13-6-2-3-15(8)5-6;11-6-3-7-9(13-8(6)10(15)16)12-5-1-2-14(7)4-5/h4,6H,2-3,5H2,1H3,(H,13,14);3,5H,1-2,4H2,(H,12,13)(H,15,16)/t6-;5-/m00/s1. The van der Waals surface area contributed by atoms with E-state index in [2.05, 4.69) is 62.3 Å². The van der Waals surface area contributed by atoms with Crippen LogP contribution in [0.3, 0.4) is 0 Å². The van der Waals surface area contributed by atoms with Gasteiger partial charge in [-0.3, -0.25) is 0 Å². The summed E-state index contributed by atoms with van der Waals surface area (Å²) in [4.78, 5) is 35.5. The summed E-state index contributed by atoms with van der Waals surface area (Å²) in [5.74, 6) is 0.0375. The van der Waals surface area contributed by atoms with Crippen molar-refractivity contribution in [2.45, 2.75) is 24.9 Å². The monoisotopic (exact) mass is 580 g/mol. The first-order chi connectivity index (χ1) is 15.8. The number of carbonyl (C=O) groups excluding carboxylic acids is 1. The van der Waals surface area contributed by atoms with Gasteiger partial charge < -0.3 is 30.3 Å². The summed E-state index contributed by atoms with van der Waals surface area (Å²) in [5.41, 5.74) is 2.43. The summed E-state index contributed by atoms with van der Waals surface area (Å²) in [6.45, 7) is 4.04. The molecule has 2 aromatic heterocycles. The fraction of sp³-hybridized carbons (Fsp3) is 0.429. The lowest BCUT2D eigenvalue weighted by Gasteiger charge is -2.28. The van der Waals surface area contributed by atoms with E-state index >= 15 is 0 Å². The van der Waals surface area contributed by atoms with Gasteiger partial charge in [0.2, 0.25) is 0 Å². The SMILES string of the molecule is COC(=O)c1nc2c(cc1Br)N1CC[C@@H](C1)N2.O=C(O)c1nc2c(cc1Br)N1CC[C@@H](C1)N2. The Hall–Kier alpha value is -2.60. The lowest BCUT2D eigenvalue weighted by Crippen LogP contribution is -2.32. The van der Waals surface area contributed by atoms with Crippen LogP contribution in [0.4, 0.5) is 23.0 Å².